The maximum atomic E-state index is 9.41. The van der Waals surface area contributed by atoms with Crippen LogP contribution in [-0.4, -0.2) is 21.9 Å². The second kappa shape index (κ2) is 4.24. The lowest BCUT2D eigenvalue weighted by Gasteiger charge is -2.06. The molecule has 2 aromatic rings. The smallest absolute Gasteiger partial charge is 0.146 e. The topological polar surface area (TPSA) is 76.1 Å². The molecule has 0 aliphatic heterocycles. The van der Waals surface area contributed by atoms with Crippen molar-refractivity contribution in [2.24, 2.45) is 0 Å². The summed E-state index contributed by atoms with van der Waals surface area (Å²) in [5, 5.41) is 16.6. The Labute approximate surface area is 93.5 Å². The van der Waals surface area contributed by atoms with Crippen molar-refractivity contribution in [3.8, 4) is 11.4 Å². The van der Waals surface area contributed by atoms with Crippen LogP contribution in [0.1, 0.15) is 5.69 Å². The molecule has 0 spiro atoms. The summed E-state index contributed by atoms with van der Waals surface area (Å²) in [5.74, 6) is 0.676. The first-order chi connectivity index (χ1) is 7.70. The Hall–Kier alpha value is -2.01. The molecule has 0 bridgehead atoms. The number of hydrogen-bond donors (Lipinski definition) is 3. The highest BCUT2D eigenvalue weighted by Gasteiger charge is 2.07. The fraction of sp³-hybridized carbons (Fsp3) is 0.182. The summed E-state index contributed by atoms with van der Waals surface area (Å²) in [4.78, 5) is 0. The number of aromatic hydroxyl groups is 1. The van der Waals surface area contributed by atoms with E-state index in [-0.39, 0.29) is 5.75 Å². The molecular weight excluding hydrogens is 204 g/mol. The first kappa shape index (κ1) is 10.5. The summed E-state index contributed by atoms with van der Waals surface area (Å²) in [6.07, 6.45) is 0. The normalized spacial score (nSPS) is 10.6. The quantitative estimate of drug-likeness (QED) is 0.714. The molecule has 2 rings (SSSR count). The number of phenolic OH excluding ortho intramolecular Hbond substituents is 1. The Balaban J connectivity index is 2.46. The Bertz CT molecular complexity index is 492. The lowest BCUT2D eigenvalue weighted by Crippen LogP contribution is -2.10. The van der Waals surface area contributed by atoms with Gasteiger partial charge in [0.15, 0.2) is 0 Å². The van der Waals surface area contributed by atoms with Crippen LogP contribution in [0.3, 0.4) is 0 Å². The van der Waals surface area contributed by atoms with Gasteiger partial charge in [-0.15, -0.1) is 0 Å². The maximum Gasteiger partial charge on any atom is 0.146 e. The molecule has 0 fully saturated rings. The minimum absolute atomic E-state index is 0.210. The number of rotatable bonds is 3. The van der Waals surface area contributed by atoms with E-state index in [4.69, 9.17) is 5.73 Å². The Morgan fingerprint density at radius 1 is 1.44 bits per heavy atom. The number of nitrogens with two attached hydrogens (primary N) is 1. The van der Waals surface area contributed by atoms with Gasteiger partial charge >= 0.3 is 0 Å². The molecule has 5 heteroatoms. The summed E-state index contributed by atoms with van der Waals surface area (Å²) >= 11 is 0. The van der Waals surface area contributed by atoms with Crippen LogP contribution in [0.15, 0.2) is 30.3 Å². The molecule has 1 aromatic heterocycles. The van der Waals surface area contributed by atoms with Gasteiger partial charge in [0.1, 0.15) is 11.6 Å². The van der Waals surface area contributed by atoms with Gasteiger partial charge in [-0.3, -0.25) is 0 Å². The minimum atomic E-state index is 0.210. The third-order valence-electron chi connectivity index (χ3n) is 2.23. The standard InChI is InChI=1S/C11H14N4O/c1-13-7-9-6-11(12)14-15(9)8-3-2-4-10(16)5-8/h2-6,13,16H,7H2,1H3,(H2,12,14). The number of nitrogen functional groups attached to an aromatic ring is 1. The lowest BCUT2D eigenvalue weighted by molar-refractivity contribution is 0.474. The van der Waals surface area contributed by atoms with Gasteiger partial charge in [0, 0.05) is 18.7 Å². The minimum Gasteiger partial charge on any atom is -0.508 e. The fourth-order valence-corrected chi connectivity index (χ4v) is 1.60. The summed E-state index contributed by atoms with van der Waals surface area (Å²) < 4.78 is 1.71. The van der Waals surface area contributed by atoms with Gasteiger partial charge in [-0.05, 0) is 19.2 Å². The second-order valence-electron chi connectivity index (χ2n) is 3.52. The molecule has 0 unspecified atom stereocenters. The zero-order valence-electron chi connectivity index (χ0n) is 9.01. The van der Waals surface area contributed by atoms with Crippen LogP contribution in [0.5, 0.6) is 5.75 Å². The lowest BCUT2D eigenvalue weighted by atomic mass is 10.3. The number of benzene rings is 1. The number of nitrogens with zero attached hydrogens (tertiary/aromatic N) is 2. The van der Waals surface area contributed by atoms with Crippen LogP contribution in [0.4, 0.5) is 5.82 Å². The molecule has 0 amide bonds. The summed E-state index contributed by atoms with van der Waals surface area (Å²) in [6.45, 7) is 0.667. The van der Waals surface area contributed by atoms with E-state index in [0.29, 0.717) is 12.4 Å². The molecule has 0 radical (unpaired) electrons. The Morgan fingerprint density at radius 3 is 2.94 bits per heavy atom. The number of nitrogens with one attached hydrogen (secondary N) is 1. The van der Waals surface area contributed by atoms with E-state index in [1.165, 1.54) is 0 Å². The molecule has 0 aliphatic rings. The molecule has 4 N–H and O–H groups in total. The van der Waals surface area contributed by atoms with E-state index in [1.807, 2.05) is 13.1 Å². The predicted octanol–water partition coefficient (Wildman–Crippen LogP) is 0.879. The number of phenols is 1. The number of aromatic nitrogens is 2. The first-order valence-electron chi connectivity index (χ1n) is 4.99. The van der Waals surface area contributed by atoms with Crippen molar-refractivity contribution in [1.29, 1.82) is 0 Å². The molecule has 5 nitrogen and oxygen atoms in total. The van der Waals surface area contributed by atoms with Crippen molar-refractivity contribution in [2.45, 2.75) is 6.54 Å². The molecule has 0 aliphatic carbocycles. The molecule has 0 saturated carbocycles. The largest absolute Gasteiger partial charge is 0.508 e. The van der Waals surface area contributed by atoms with Crippen LogP contribution in [0, 0.1) is 0 Å². The zero-order chi connectivity index (χ0) is 11.5. The van der Waals surface area contributed by atoms with Gasteiger partial charge < -0.3 is 16.2 Å². The van der Waals surface area contributed by atoms with E-state index in [2.05, 4.69) is 10.4 Å². The predicted molar refractivity (Wildman–Crippen MR) is 62.4 cm³/mol. The average Bonchev–Trinajstić information content (AvgIpc) is 2.60. The van der Waals surface area contributed by atoms with Crippen molar-refractivity contribution in [1.82, 2.24) is 15.1 Å². The van der Waals surface area contributed by atoms with Crippen LogP contribution in [-0.2, 0) is 6.54 Å². The highest BCUT2D eigenvalue weighted by atomic mass is 16.3. The third-order valence-corrected chi connectivity index (χ3v) is 2.23. The first-order valence-corrected chi connectivity index (χ1v) is 4.99. The molecule has 1 aromatic carbocycles. The van der Waals surface area contributed by atoms with Crippen LogP contribution < -0.4 is 11.1 Å². The number of hydrogen-bond acceptors (Lipinski definition) is 4. The number of anilines is 1. The van der Waals surface area contributed by atoms with Gasteiger partial charge in [0.05, 0.1) is 11.4 Å². The highest BCUT2D eigenvalue weighted by Crippen LogP contribution is 2.18. The van der Waals surface area contributed by atoms with E-state index >= 15 is 0 Å². The van der Waals surface area contributed by atoms with Crippen molar-refractivity contribution in [3.05, 3.63) is 36.0 Å². The van der Waals surface area contributed by atoms with Crippen LogP contribution in [0.2, 0.25) is 0 Å². The summed E-state index contributed by atoms with van der Waals surface area (Å²) in [5.41, 5.74) is 7.41. The van der Waals surface area contributed by atoms with Crippen molar-refractivity contribution >= 4 is 5.82 Å². The fourth-order valence-electron chi connectivity index (χ4n) is 1.60. The molecule has 1 heterocycles. The van der Waals surface area contributed by atoms with Gasteiger partial charge in [-0.1, -0.05) is 6.07 Å². The van der Waals surface area contributed by atoms with E-state index < -0.39 is 0 Å². The van der Waals surface area contributed by atoms with Gasteiger partial charge in [-0.2, -0.15) is 5.10 Å². The van der Waals surface area contributed by atoms with Gasteiger partial charge in [0.2, 0.25) is 0 Å². The third kappa shape index (κ3) is 1.99. The van der Waals surface area contributed by atoms with Crippen molar-refractivity contribution < 1.29 is 5.11 Å². The van der Waals surface area contributed by atoms with E-state index in [9.17, 15) is 5.11 Å². The van der Waals surface area contributed by atoms with Gasteiger partial charge in [0.25, 0.3) is 0 Å². The molecular formula is C11H14N4O. The maximum absolute atomic E-state index is 9.41. The van der Waals surface area contributed by atoms with Crippen LogP contribution in [0.25, 0.3) is 5.69 Å². The monoisotopic (exact) mass is 218 g/mol. The van der Waals surface area contributed by atoms with Crippen molar-refractivity contribution in [3.63, 3.8) is 0 Å². The van der Waals surface area contributed by atoms with Gasteiger partial charge in [-0.25, -0.2) is 4.68 Å². The second-order valence-corrected chi connectivity index (χ2v) is 3.52. The average molecular weight is 218 g/mol. The van der Waals surface area contributed by atoms with Crippen LogP contribution >= 0.6 is 0 Å². The molecule has 16 heavy (non-hydrogen) atoms. The van der Waals surface area contributed by atoms with E-state index in [0.717, 1.165) is 11.4 Å². The highest BCUT2D eigenvalue weighted by molar-refractivity contribution is 5.42. The van der Waals surface area contributed by atoms with Crippen molar-refractivity contribution in [2.75, 3.05) is 12.8 Å². The SMILES string of the molecule is CNCc1cc(N)nn1-c1cccc(O)c1. The zero-order valence-corrected chi connectivity index (χ0v) is 9.01. The summed E-state index contributed by atoms with van der Waals surface area (Å²) in [7, 11) is 1.86. The molecule has 0 saturated heterocycles. The molecule has 0 atom stereocenters. The molecule has 84 valence electrons. The Kier molecular flexibility index (Phi) is 2.78. The Morgan fingerprint density at radius 2 is 2.25 bits per heavy atom. The van der Waals surface area contributed by atoms with E-state index in [1.54, 1.807) is 28.9 Å². The summed E-state index contributed by atoms with van der Waals surface area (Å²) in [6, 6.07) is 8.71.